The molecule has 0 aliphatic carbocycles. The second kappa shape index (κ2) is 13.0. The Morgan fingerprint density at radius 1 is 1.19 bits per heavy atom. The fourth-order valence-electron chi connectivity index (χ4n) is 2.70. The van der Waals surface area contributed by atoms with Gasteiger partial charge in [-0.15, -0.1) is 0 Å². The maximum atomic E-state index is 11.0. The minimum atomic E-state index is -0.135. The van der Waals surface area contributed by atoms with Crippen molar-refractivity contribution in [1.82, 2.24) is 10.6 Å². The number of esters is 1. The van der Waals surface area contributed by atoms with Crippen molar-refractivity contribution in [1.29, 1.82) is 0 Å². The van der Waals surface area contributed by atoms with Crippen molar-refractivity contribution < 1.29 is 9.53 Å². The normalized spacial score (nSPS) is 11.2. The molecule has 6 nitrogen and oxygen atoms in total. The third kappa shape index (κ3) is 8.74. The fraction of sp³-hybridized carbons (Fsp3) is 0.600. The Balaban J connectivity index is 2.24. The number of anilines is 1. The highest BCUT2D eigenvalue weighted by Crippen LogP contribution is 2.14. The number of rotatable bonds is 11. The van der Waals surface area contributed by atoms with Crippen molar-refractivity contribution in [3.63, 3.8) is 0 Å². The van der Waals surface area contributed by atoms with E-state index in [1.807, 2.05) is 0 Å². The van der Waals surface area contributed by atoms with Gasteiger partial charge in [-0.05, 0) is 44.4 Å². The van der Waals surface area contributed by atoms with Crippen LogP contribution in [0.4, 0.5) is 5.69 Å². The Labute approximate surface area is 158 Å². The number of unbranched alkanes of at least 4 members (excludes halogenated alkanes) is 2. The van der Waals surface area contributed by atoms with Gasteiger partial charge < -0.3 is 20.3 Å². The molecule has 1 aromatic carbocycles. The first kappa shape index (κ1) is 21.8. The number of nitrogens with one attached hydrogen (secondary N) is 2. The van der Waals surface area contributed by atoms with Crippen LogP contribution in [-0.4, -0.2) is 52.3 Å². The van der Waals surface area contributed by atoms with Crippen LogP contribution in [-0.2, 0) is 9.53 Å². The molecule has 0 fully saturated rings. The third-order valence-electron chi connectivity index (χ3n) is 4.22. The first-order valence-corrected chi connectivity index (χ1v) is 9.43. The van der Waals surface area contributed by atoms with E-state index in [-0.39, 0.29) is 5.97 Å². The van der Waals surface area contributed by atoms with E-state index in [2.05, 4.69) is 63.4 Å². The Bertz CT molecular complexity index is 560. The SMILES string of the molecule is CCN(CCNC(=NC)NCCCCCC(=O)OC)c1cccc(C)c1. The highest BCUT2D eigenvalue weighted by molar-refractivity contribution is 5.79. The first-order chi connectivity index (χ1) is 12.6. The molecule has 0 aliphatic rings. The van der Waals surface area contributed by atoms with Crippen LogP contribution in [0, 0.1) is 6.92 Å². The number of methoxy groups -OCH3 is 1. The Morgan fingerprint density at radius 2 is 1.96 bits per heavy atom. The summed E-state index contributed by atoms with van der Waals surface area (Å²) >= 11 is 0. The second-order valence-corrected chi connectivity index (χ2v) is 6.23. The number of benzene rings is 1. The summed E-state index contributed by atoms with van der Waals surface area (Å²) in [6, 6.07) is 8.58. The highest BCUT2D eigenvalue weighted by atomic mass is 16.5. The smallest absolute Gasteiger partial charge is 0.305 e. The summed E-state index contributed by atoms with van der Waals surface area (Å²) in [5, 5.41) is 6.68. The number of hydrogen-bond donors (Lipinski definition) is 2. The molecule has 0 aliphatic heterocycles. The largest absolute Gasteiger partial charge is 0.469 e. The molecule has 1 aromatic rings. The lowest BCUT2D eigenvalue weighted by molar-refractivity contribution is -0.140. The maximum absolute atomic E-state index is 11.0. The van der Waals surface area contributed by atoms with Crippen LogP contribution in [0.5, 0.6) is 0 Å². The van der Waals surface area contributed by atoms with Gasteiger partial charge in [-0.3, -0.25) is 9.79 Å². The van der Waals surface area contributed by atoms with Crippen LogP contribution >= 0.6 is 0 Å². The summed E-state index contributed by atoms with van der Waals surface area (Å²) in [4.78, 5) is 17.7. The van der Waals surface area contributed by atoms with E-state index < -0.39 is 0 Å². The minimum Gasteiger partial charge on any atom is -0.469 e. The Kier molecular flexibility index (Phi) is 10.9. The molecule has 0 spiro atoms. The van der Waals surface area contributed by atoms with Gasteiger partial charge in [-0.1, -0.05) is 18.6 Å². The van der Waals surface area contributed by atoms with Gasteiger partial charge in [0.25, 0.3) is 0 Å². The molecule has 6 heteroatoms. The van der Waals surface area contributed by atoms with Crippen LogP contribution < -0.4 is 15.5 Å². The average Bonchev–Trinajstić information content (AvgIpc) is 2.65. The molecule has 0 heterocycles. The van der Waals surface area contributed by atoms with Crippen molar-refractivity contribution in [3.05, 3.63) is 29.8 Å². The van der Waals surface area contributed by atoms with Gasteiger partial charge in [-0.25, -0.2) is 0 Å². The van der Waals surface area contributed by atoms with Gasteiger partial charge in [-0.2, -0.15) is 0 Å². The Hall–Kier alpha value is -2.24. The lowest BCUT2D eigenvalue weighted by Crippen LogP contribution is -2.42. The molecule has 0 radical (unpaired) electrons. The monoisotopic (exact) mass is 362 g/mol. The number of guanidine groups is 1. The molecule has 0 amide bonds. The van der Waals surface area contributed by atoms with Gasteiger partial charge in [0.15, 0.2) is 5.96 Å². The van der Waals surface area contributed by atoms with Crippen molar-refractivity contribution in [2.75, 3.05) is 45.2 Å². The van der Waals surface area contributed by atoms with Crippen molar-refractivity contribution >= 4 is 17.6 Å². The zero-order valence-electron chi connectivity index (χ0n) is 16.7. The number of carbonyl (C=O) groups excluding carboxylic acids is 1. The minimum absolute atomic E-state index is 0.135. The summed E-state index contributed by atoms with van der Waals surface area (Å²) in [6.07, 6.45) is 3.36. The van der Waals surface area contributed by atoms with Crippen molar-refractivity contribution in [2.24, 2.45) is 4.99 Å². The molecule has 146 valence electrons. The first-order valence-electron chi connectivity index (χ1n) is 9.43. The quantitative estimate of drug-likeness (QED) is 0.274. The van der Waals surface area contributed by atoms with Gasteiger partial charge in [0.2, 0.25) is 0 Å². The van der Waals surface area contributed by atoms with E-state index in [0.29, 0.717) is 6.42 Å². The number of hydrogen-bond acceptors (Lipinski definition) is 4. The predicted octanol–water partition coefficient (Wildman–Crippen LogP) is 2.72. The number of aryl methyl sites for hydroxylation is 1. The van der Waals surface area contributed by atoms with Crippen LogP contribution in [0.25, 0.3) is 0 Å². The zero-order valence-corrected chi connectivity index (χ0v) is 16.7. The topological polar surface area (TPSA) is 66.0 Å². The number of ether oxygens (including phenoxy) is 1. The lowest BCUT2D eigenvalue weighted by atomic mass is 10.2. The van der Waals surface area contributed by atoms with E-state index in [0.717, 1.165) is 51.4 Å². The van der Waals surface area contributed by atoms with E-state index in [1.165, 1.54) is 18.4 Å². The fourth-order valence-corrected chi connectivity index (χ4v) is 2.70. The van der Waals surface area contributed by atoms with E-state index >= 15 is 0 Å². The molecular formula is C20H34N4O2. The maximum Gasteiger partial charge on any atom is 0.305 e. The van der Waals surface area contributed by atoms with Gasteiger partial charge in [0.1, 0.15) is 0 Å². The Morgan fingerprint density at radius 3 is 2.62 bits per heavy atom. The third-order valence-corrected chi connectivity index (χ3v) is 4.22. The number of nitrogens with zero attached hydrogens (tertiary/aromatic N) is 2. The molecule has 0 aromatic heterocycles. The van der Waals surface area contributed by atoms with E-state index in [9.17, 15) is 4.79 Å². The van der Waals surface area contributed by atoms with Gasteiger partial charge in [0, 0.05) is 45.3 Å². The second-order valence-electron chi connectivity index (χ2n) is 6.23. The number of carbonyl (C=O) groups is 1. The summed E-state index contributed by atoms with van der Waals surface area (Å²) in [6.45, 7) is 7.84. The molecule has 0 saturated carbocycles. The van der Waals surface area contributed by atoms with Gasteiger partial charge in [0.05, 0.1) is 7.11 Å². The molecule has 0 bridgehead atoms. The molecule has 1 rings (SSSR count). The van der Waals surface area contributed by atoms with Gasteiger partial charge >= 0.3 is 5.97 Å². The molecule has 2 N–H and O–H groups in total. The van der Waals surface area contributed by atoms with Crippen LogP contribution in [0.2, 0.25) is 0 Å². The molecular weight excluding hydrogens is 328 g/mol. The zero-order chi connectivity index (χ0) is 19.2. The van der Waals surface area contributed by atoms with Crippen LogP contribution in [0.1, 0.15) is 38.2 Å². The lowest BCUT2D eigenvalue weighted by Gasteiger charge is -2.24. The average molecular weight is 363 g/mol. The van der Waals surface area contributed by atoms with Crippen LogP contribution in [0.15, 0.2) is 29.3 Å². The summed E-state index contributed by atoms with van der Waals surface area (Å²) in [5.41, 5.74) is 2.53. The predicted molar refractivity (Wildman–Crippen MR) is 109 cm³/mol. The van der Waals surface area contributed by atoms with E-state index in [1.54, 1.807) is 7.05 Å². The number of aliphatic imine (C=N–C) groups is 1. The summed E-state index contributed by atoms with van der Waals surface area (Å²) < 4.78 is 4.64. The molecule has 0 saturated heterocycles. The molecule has 0 unspecified atom stereocenters. The molecule has 26 heavy (non-hydrogen) atoms. The van der Waals surface area contributed by atoms with Crippen molar-refractivity contribution in [2.45, 2.75) is 39.5 Å². The van der Waals surface area contributed by atoms with E-state index in [4.69, 9.17) is 0 Å². The van der Waals surface area contributed by atoms with Crippen molar-refractivity contribution in [3.8, 4) is 0 Å². The highest BCUT2D eigenvalue weighted by Gasteiger charge is 2.05. The summed E-state index contributed by atoms with van der Waals surface area (Å²) in [7, 11) is 3.21. The van der Waals surface area contributed by atoms with Crippen LogP contribution in [0.3, 0.4) is 0 Å². The number of likely N-dealkylation sites (N-methyl/N-ethyl adjacent to an activating group) is 1. The standard InChI is InChI=1S/C20H34N4O2/c1-5-24(18-11-9-10-17(2)16-18)15-14-23-20(21-3)22-13-8-6-7-12-19(25)26-4/h9-11,16H,5-8,12-15H2,1-4H3,(H2,21,22,23). The molecule has 0 atom stereocenters. The summed E-state index contributed by atoms with van der Waals surface area (Å²) in [5.74, 6) is 0.683.